The van der Waals surface area contributed by atoms with Crippen molar-refractivity contribution in [3.05, 3.63) is 53.1 Å². The molecule has 24 heavy (non-hydrogen) atoms. The Morgan fingerprint density at radius 2 is 2.00 bits per heavy atom. The molecule has 0 aromatic heterocycles. The third-order valence-electron chi connectivity index (χ3n) is 4.55. The number of aryl methyl sites for hydroxylation is 3. The van der Waals surface area contributed by atoms with Crippen LogP contribution in [0.5, 0.6) is 5.75 Å². The van der Waals surface area contributed by atoms with Crippen LogP contribution in [0.1, 0.15) is 23.1 Å². The van der Waals surface area contributed by atoms with Gasteiger partial charge in [-0.05, 0) is 73.7 Å². The molecule has 1 heterocycles. The van der Waals surface area contributed by atoms with E-state index in [0.717, 1.165) is 35.7 Å². The quantitative estimate of drug-likeness (QED) is 0.773. The molecule has 2 aromatic carbocycles. The molecular weight excluding hydrogens is 318 g/mol. The highest BCUT2D eigenvalue weighted by molar-refractivity contribution is 8.00. The Bertz CT molecular complexity index is 757. The van der Waals surface area contributed by atoms with Gasteiger partial charge in [0.1, 0.15) is 5.75 Å². The van der Waals surface area contributed by atoms with Gasteiger partial charge >= 0.3 is 0 Å². The second-order valence-corrected chi connectivity index (χ2v) is 7.23. The molecule has 3 rings (SSSR count). The fourth-order valence-electron chi connectivity index (χ4n) is 2.99. The predicted octanol–water partition coefficient (Wildman–Crippen LogP) is 4.38. The van der Waals surface area contributed by atoms with E-state index in [-0.39, 0.29) is 5.91 Å². The molecule has 0 fully saturated rings. The number of carbonyl (C=O) groups excluding carboxylic acids is 1. The van der Waals surface area contributed by atoms with E-state index in [4.69, 9.17) is 4.74 Å². The van der Waals surface area contributed by atoms with E-state index in [1.54, 1.807) is 18.9 Å². The Morgan fingerprint density at radius 1 is 1.17 bits per heavy atom. The summed E-state index contributed by atoms with van der Waals surface area (Å²) in [6, 6.07) is 12.3. The zero-order valence-electron chi connectivity index (χ0n) is 14.5. The molecule has 126 valence electrons. The molecule has 0 N–H and O–H groups in total. The van der Waals surface area contributed by atoms with Crippen molar-refractivity contribution in [2.75, 3.05) is 24.3 Å². The highest BCUT2D eigenvalue weighted by atomic mass is 32.2. The minimum atomic E-state index is 0.171. The number of amides is 1. The number of hydrogen-bond donors (Lipinski definition) is 0. The SMILES string of the molecule is COc1ccc2c(c1)CCCN2C(=O)CSc1ccc(C)c(C)c1. The molecule has 0 aliphatic carbocycles. The van der Waals surface area contributed by atoms with Gasteiger partial charge in [0.25, 0.3) is 0 Å². The maximum Gasteiger partial charge on any atom is 0.237 e. The van der Waals surface area contributed by atoms with Crippen LogP contribution in [0, 0.1) is 13.8 Å². The van der Waals surface area contributed by atoms with Crippen LogP contribution in [0.4, 0.5) is 5.69 Å². The van der Waals surface area contributed by atoms with Gasteiger partial charge in [0.15, 0.2) is 0 Å². The lowest BCUT2D eigenvalue weighted by Crippen LogP contribution is -2.36. The van der Waals surface area contributed by atoms with Crippen molar-refractivity contribution in [3.63, 3.8) is 0 Å². The summed E-state index contributed by atoms with van der Waals surface area (Å²) in [6.45, 7) is 5.01. The molecule has 1 aliphatic rings. The topological polar surface area (TPSA) is 29.5 Å². The van der Waals surface area contributed by atoms with Crippen LogP contribution in [-0.4, -0.2) is 25.3 Å². The number of thioether (sulfide) groups is 1. The van der Waals surface area contributed by atoms with E-state index >= 15 is 0 Å². The number of carbonyl (C=O) groups is 1. The van der Waals surface area contributed by atoms with E-state index in [1.165, 1.54) is 16.7 Å². The Kier molecular flexibility index (Phi) is 5.14. The molecule has 0 saturated heterocycles. The lowest BCUT2D eigenvalue weighted by atomic mass is 10.0. The first-order chi connectivity index (χ1) is 11.6. The Labute approximate surface area is 148 Å². The van der Waals surface area contributed by atoms with Crippen molar-refractivity contribution < 1.29 is 9.53 Å². The van der Waals surface area contributed by atoms with Gasteiger partial charge in [-0.15, -0.1) is 11.8 Å². The highest BCUT2D eigenvalue weighted by Crippen LogP contribution is 2.31. The van der Waals surface area contributed by atoms with Gasteiger partial charge in [0.2, 0.25) is 5.91 Å². The molecule has 0 spiro atoms. The molecule has 4 heteroatoms. The summed E-state index contributed by atoms with van der Waals surface area (Å²) < 4.78 is 5.29. The first-order valence-electron chi connectivity index (χ1n) is 8.26. The first kappa shape index (κ1) is 16.9. The van der Waals surface area contributed by atoms with Crippen molar-refractivity contribution in [2.45, 2.75) is 31.6 Å². The molecule has 0 atom stereocenters. The van der Waals surface area contributed by atoms with Crippen LogP contribution < -0.4 is 9.64 Å². The van der Waals surface area contributed by atoms with Gasteiger partial charge in [-0.1, -0.05) is 6.07 Å². The largest absolute Gasteiger partial charge is 0.497 e. The van der Waals surface area contributed by atoms with Crippen molar-refractivity contribution in [1.29, 1.82) is 0 Å². The third kappa shape index (κ3) is 3.59. The van der Waals surface area contributed by atoms with Gasteiger partial charge in [0.05, 0.1) is 12.9 Å². The fraction of sp³-hybridized carbons (Fsp3) is 0.350. The number of anilines is 1. The first-order valence-corrected chi connectivity index (χ1v) is 9.24. The van der Waals surface area contributed by atoms with Gasteiger partial charge in [-0.3, -0.25) is 4.79 Å². The highest BCUT2D eigenvalue weighted by Gasteiger charge is 2.22. The Morgan fingerprint density at radius 3 is 2.75 bits per heavy atom. The second-order valence-electron chi connectivity index (χ2n) is 6.18. The molecule has 2 aromatic rings. The van der Waals surface area contributed by atoms with Crippen LogP contribution in [0.3, 0.4) is 0 Å². The van der Waals surface area contributed by atoms with E-state index in [0.29, 0.717) is 5.75 Å². The monoisotopic (exact) mass is 341 g/mol. The lowest BCUT2D eigenvalue weighted by molar-refractivity contribution is -0.116. The number of rotatable bonds is 4. The van der Waals surface area contributed by atoms with E-state index in [1.807, 2.05) is 23.1 Å². The summed E-state index contributed by atoms with van der Waals surface area (Å²) in [5.41, 5.74) is 4.78. The molecular formula is C20H23NO2S. The summed E-state index contributed by atoms with van der Waals surface area (Å²) >= 11 is 1.61. The van der Waals surface area contributed by atoms with Gasteiger partial charge in [0, 0.05) is 17.1 Å². The van der Waals surface area contributed by atoms with E-state index < -0.39 is 0 Å². The Balaban J connectivity index is 1.71. The smallest absolute Gasteiger partial charge is 0.237 e. The maximum absolute atomic E-state index is 12.7. The van der Waals surface area contributed by atoms with Crippen LogP contribution in [-0.2, 0) is 11.2 Å². The molecule has 0 bridgehead atoms. The summed E-state index contributed by atoms with van der Waals surface area (Å²) in [7, 11) is 1.67. The molecule has 1 aliphatic heterocycles. The number of ether oxygens (including phenoxy) is 1. The average molecular weight is 341 g/mol. The second kappa shape index (κ2) is 7.31. The van der Waals surface area contributed by atoms with Crippen LogP contribution >= 0.6 is 11.8 Å². The number of fused-ring (bicyclic) bond motifs is 1. The van der Waals surface area contributed by atoms with Crippen LogP contribution in [0.15, 0.2) is 41.3 Å². The lowest BCUT2D eigenvalue weighted by Gasteiger charge is -2.29. The number of benzene rings is 2. The van der Waals surface area contributed by atoms with Gasteiger partial charge in [-0.25, -0.2) is 0 Å². The number of methoxy groups -OCH3 is 1. The maximum atomic E-state index is 12.7. The van der Waals surface area contributed by atoms with Crippen molar-refractivity contribution in [2.24, 2.45) is 0 Å². The number of nitrogens with zero attached hydrogens (tertiary/aromatic N) is 1. The van der Waals surface area contributed by atoms with Gasteiger partial charge < -0.3 is 9.64 Å². The predicted molar refractivity (Wildman–Crippen MR) is 100 cm³/mol. The van der Waals surface area contributed by atoms with Crippen molar-refractivity contribution in [1.82, 2.24) is 0 Å². The van der Waals surface area contributed by atoms with Crippen LogP contribution in [0.2, 0.25) is 0 Å². The summed E-state index contributed by atoms with van der Waals surface area (Å²) in [5, 5.41) is 0. The van der Waals surface area contributed by atoms with Crippen molar-refractivity contribution in [3.8, 4) is 5.75 Å². The fourth-order valence-corrected chi connectivity index (χ4v) is 3.86. The minimum Gasteiger partial charge on any atom is -0.497 e. The molecule has 0 radical (unpaired) electrons. The summed E-state index contributed by atoms with van der Waals surface area (Å²) in [4.78, 5) is 15.8. The minimum absolute atomic E-state index is 0.171. The third-order valence-corrected chi connectivity index (χ3v) is 5.53. The van der Waals surface area contributed by atoms with E-state index in [9.17, 15) is 4.79 Å². The molecule has 0 saturated carbocycles. The zero-order chi connectivity index (χ0) is 17.1. The van der Waals surface area contributed by atoms with Crippen molar-refractivity contribution >= 4 is 23.4 Å². The number of hydrogen-bond acceptors (Lipinski definition) is 3. The Hall–Kier alpha value is -1.94. The molecule has 0 unspecified atom stereocenters. The molecule has 3 nitrogen and oxygen atoms in total. The molecule has 1 amide bonds. The van der Waals surface area contributed by atoms with Gasteiger partial charge in [-0.2, -0.15) is 0 Å². The normalized spacial score (nSPS) is 13.5. The summed E-state index contributed by atoms with van der Waals surface area (Å²) in [6.07, 6.45) is 2.00. The van der Waals surface area contributed by atoms with Crippen LogP contribution in [0.25, 0.3) is 0 Å². The summed E-state index contributed by atoms with van der Waals surface area (Å²) in [5.74, 6) is 1.49. The average Bonchev–Trinajstić information content (AvgIpc) is 2.61. The standard InChI is InChI=1S/C20H23NO2S/c1-14-6-8-18(11-15(14)2)24-13-20(22)21-10-4-5-16-12-17(23-3)7-9-19(16)21/h6-9,11-12H,4-5,10,13H2,1-3H3. The van der Waals surface area contributed by atoms with E-state index in [2.05, 4.69) is 32.0 Å². The zero-order valence-corrected chi connectivity index (χ0v) is 15.3.